The Morgan fingerprint density at radius 2 is 1.77 bits per heavy atom. The van der Waals surface area contributed by atoms with Crippen LogP contribution < -0.4 is 5.32 Å². The lowest BCUT2D eigenvalue weighted by molar-refractivity contribution is -0.139. The Morgan fingerprint density at radius 1 is 1.20 bits per heavy atom. The number of carbonyl (C=O) groups is 2. The van der Waals surface area contributed by atoms with Crippen molar-refractivity contribution in [3.63, 3.8) is 0 Å². The number of aromatic nitrogens is 2. The van der Waals surface area contributed by atoms with Gasteiger partial charge in [-0.3, -0.25) is 0 Å². The summed E-state index contributed by atoms with van der Waals surface area (Å²) >= 11 is 0. The molecule has 0 aliphatic heterocycles. The number of alkyl carbamates (subject to hydrolysis) is 1. The van der Waals surface area contributed by atoms with E-state index >= 15 is 0 Å². The number of carboxylic acid groups (broad SMARTS) is 1. The molecule has 0 bridgehead atoms. The minimum absolute atomic E-state index is 0.179. The summed E-state index contributed by atoms with van der Waals surface area (Å²) in [6.07, 6.45) is 1.28. The molecule has 0 saturated carbocycles. The number of carbonyl (C=O) groups excluding carboxylic acids is 1. The van der Waals surface area contributed by atoms with E-state index in [1.54, 1.807) is 46.8 Å². The lowest BCUT2D eigenvalue weighted by atomic mass is 10.1. The van der Waals surface area contributed by atoms with E-state index < -0.39 is 33.7 Å². The molecule has 1 heterocycles. The van der Waals surface area contributed by atoms with Gasteiger partial charge in [-0.15, -0.1) is 0 Å². The van der Waals surface area contributed by atoms with Crippen LogP contribution in [0.5, 0.6) is 0 Å². The molecule has 2 N–H and O–H groups in total. The fraction of sp³-hybridized carbons (Fsp3) is 0.450. The standard InChI is InChI=1S/C20H27N3O6S/c1-12-7-13(2)17(14(3)8-12)30(27,28)23-10-15(21-11-23)9-16(18(24)25)22-19(26)29-20(4,5)6/h7-8,10-11,16H,9H2,1-6H3,(H,22,26)(H,24,25)/t16-/m1/s1. The third-order valence-electron chi connectivity index (χ3n) is 4.16. The van der Waals surface area contributed by atoms with Crippen LogP contribution in [-0.4, -0.2) is 46.2 Å². The Kier molecular flexibility index (Phi) is 6.60. The first-order valence-corrected chi connectivity index (χ1v) is 10.7. The number of rotatable bonds is 6. The van der Waals surface area contributed by atoms with E-state index in [0.717, 1.165) is 15.9 Å². The Labute approximate surface area is 176 Å². The summed E-state index contributed by atoms with van der Waals surface area (Å²) in [5, 5.41) is 11.7. The number of amides is 1. The quantitative estimate of drug-likeness (QED) is 0.711. The molecule has 0 fully saturated rings. The first kappa shape index (κ1) is 23.4. The first-order chi connectivity index (χ1) is 13.7. The average Bonchev–Trinajstić information content (AvgIpc) is 3.00. The summed E-state index contributed by atoms with van der Waals surface area (Å²) in [7, 11) is -3.90. The fourth-order valence-electron chi connectivity index (χ4n) is 3.12. The summed E-state index contributed by atoms with van der Waals surface area (Å²) in [5.41, 5.74) is 1.58. The molecule has 1 aromatic heterocycles. The predicted molar refractivity (Wildman–Crippen MR) is 110 cm³/mol. The van der Waals surface area contributed by atoms with Crippen LogP contribution in [0.2, 0.25) is 0 Å². The summed E-state index contributed by atoms with van der Waals surface area (Å²) in [4.78, 5) is 27.6. The highest BCUT2D eigenvalue weighted by Gasteiger charge is 2.27. The minimum Gasteiger partial charge on any atom is -0.480 e. The molecule has 0 aliphatic carbocycles. The molecular weight excluding hydrogens is 410 g/mol. The SMILES string of the molecule is Cc1cc(C)c(S(=O)(=O)n2cnc(C[C@@H](NC(=O)OC(C)(C)C)C(=O)O)c2)c(C)c1. The highest BCUT2D eigenvalue weighted by Crippen LogP contribution is 2.24. The van der Waals surface area contributed by atoms with Crippen LogP contribution in [0.25, 0.3) is 0 Å². The van der Waals surface area contributed by atoms with Crippen molar-refractivity contribution < 1.29 is 27.9 Å². The van der Waals surface area contributed by atoms with Crippen molar-refractivity contribution in [3.05, 3.63) is 47.0 Å². The van der Waals surface area contributed by atoms with Crippen molar-refractivity contribution in [1.82, 2.24) is 14.3 Å². The van der Waals surface area contributed by atoms with Crippen molar-refractivity contribution >= 4 is 22.1 Å². The van der Waals surface area contributed by atoms with Gasteiger partial charge in [0.15, 0.2) is 0 Å². The van der Waals surface area contributed by atoms with Crippen molar-refractivity contribution in [2.75, 3.05) is 0 Å². The molecule has 9 nitrogen and oxygen atoms in total. The lowest BCUT2D eigenvalue weighted by Crippen LogP contribution is -2.44. The number of imidazole rings is 1. The van der Waals surface area contributed by atoms with Crippen molar-refractivity contribution in [2.45, 2.75) is 64.5 Å². The zero-order valence-electron chi connectivity index (χ0n) is 17.9. The number of benzene rings is 1. The molecule has 164 valence electrons. The van der Waals surface area contributed by atoms with Gasteiger partial charge in [-0.25, -0.2) is 27.0 Å². The van der Waals surface area contributed by atoms with Gasteiger partial charge in [0.2, 0.25) is 0 Å². The van der Waals surface area contributed by atoms with Crippen LogP contribution >= 0.6 is 0 Å². The molecule has 0 unspecified atom stereocenters. The van der Waals surface area contributed by atoms with Crippen molar-refractivity contribution in [2.24, 2.45) is 0 Å². The van der Waals surface area contributed by atoms with Gasteiger partial charge in [-0.05, 0) is 52.7 Å². The topological polar surface area (TPSA) is 128 Å². The van der Waals surface area contributed by atoms with Gasteiger partial charge >= 0.3 is 12.1 Å². The maximum absolute atomic E-state index is 13.1. The molecule has 2 rings (SSSR count). The Morgan fingerprint density at radius 3 is 2.27 bits per heavy atom. The average molecular weight is 438 g/mol. The maximum atomic E-state index is 13.1. The maximum Gasteiger partial charge on any atom is 0.408 e. The molecule has 0 spiro atoms. The number of hydrogen-bond donors (Lipinski definition) is 2. The molecule has 1 atom stereocenters. The van der Waals surface area contributed by atoms with Crippen LogP contribution in [0.15, 0.2) is 29.6 Å². The third-order valence-corrected chi connectivity index (χ3v) is 6.07. The summed E-state index contributed by atoms with van der Waals surface area (Å²) < 4.78 is 32.2. The van der Waals surface area contributed by atoms with E-state index in [0.29, 0.717) is 11.1 Å². The molecule has 0 radical (unpaired) electrons. The Bertz CT molecular complexity index is 1040. The molecule has 1 aromatic carbocycles. The minimum atomic E-state index is -3.90. The van der Waals surface area contributed by atoms with Crippen LogP contribution in [0.1, 0.15) is 43.2 Å². The molecule has 2 aromatic rings. The summed E-state index contributed by atoms with van der Waals surface area (Å²) in [6, 6.07) is 2.24. The highest BCUT2D eigenvalue weighted by atomic mass is 32.2. The van der Waals surface area contributed by atoms with Crippen LogP contribution in [-0.2, 0) is 26.0 Å². The van der Waals surface area contributed by atoms with Gasteiger partial charge in [0.1, 0.15) is 18.0 Å². The van der Waals surface area contributed by atoms with Crippen molar-refractivity contribution in [1.29, 1.82) is 0 Å². The van der Waals surface area contributed by atoms with Crippen LogP contribution in [0.4, 0.5) is 4.79 Å². The van der Waals surface area contributed by atoms with E-state index in [2.05, 4.69) is 10.3 Å². The van der Waals surface area contributed by atoms with Gasteiger partial charge in [0, 0.05) is 12.6 Å². The van der Waals surface area contributed by atoms with Gasteiger partial charge in [-0.2, -0.15) is 0 Å². The van der Waals surface area contributed by atoms with E-state index in [9.17, 15) is 23.1 Å². The second-order valence-electron chi connectivity index (χ2n) is 8.17. The largest absolute Gasteiger partial charge is 0.480 e. The van der Waals surface area contributed by atoms with E-state index in [-0.39, 0.29) is 17.0 Å². The zero-order valence-corrected chi connectivity index (χ0v) is 18.7. The van der Waals surface area contributed by atoms with E-state index in [1.807, 2.05) is 6.92 Å². The van der Waals surface area contributed by atoms with Gasteiger partial charge < -0.3 is 15.2 Å². The molecule has 30 heavy (non-hydrogen) atoms. The second-order valence-corrected chi connectivity index (χ2v) is 9.95. The Hall–Kier alpha value is -2.88. The smallest absolute Gasteiger partial charge is 0.408 e. The van der Waals surface area contributed by atoms with Crippen LogP contribution in [0.3, 0.4) is 0 Å². The molecule has 10 heteroatoms. The molecule has 1 amide bonds. The van der Waals surface area contributed by atoms with Gasteiger partial charge in [-0.1, -0.05) is 17.7 Å². The number of ether oxygens (including phenoxy) is 1. The number of nitrogens with zero attached hydrogens (tertiary/aromatic N) is 2. The monoisotopic (exact) mass is 437 g/mol. The molecule has 0 saturated heterocycles. The third kappa shape index (κ3) is 5.59. The molecular formula is C20H27N3O6S. The predicted octanol–water partition coefficient (Wildman–Crippen LogP) is 2.57. The number of hydrogen-bond acceptors (Lipinski definition) is 6. The Balaban J connectivity index is 2.26. The number of aryl methyl sites for hydroxylation is 3. The summed E-state index contributed by atoms with van der Waals surface area (Å²) in [5.74, 6) is -1.29. The molecule has 0 aliphatic rings. The van der Waals surface area contributed by atoms with Crippen molar-refractivity contribution in [3.8, 4) is 0 Å². The zero-order chi connectivity index (χ0) is 22.9. The van der Waals surface area contributed by atoms with Gasteiger partial charge in [0.05, 0.1) is 10.6 Å². The fourth-order valence-corrected chi connectivity index (χ4v) is 4.69. The first-order valence-electron chi connectivity index (χ1n) is 9.29. The van der Waals surface area contributed by atoms with Gasteiger partial charge in [0.25, 0.3) is 10.0 Å². The number of carboxylic acids is 1. The highest BCUT2D eigenvalue weighted by molar-refractivity contribution is 7.90. The lowest BCUT2D eigenvalue weighted by Gasteiger charge is -2.21. The normalized spacial score (nSPS) is 13.0. The van der Waals surface area contributed by atoms with E-state index in [1.165, 1.54) is 6.20 Å². The number of aliphatic carboxylic acids is 1. The summed E-state index contributed by atoms with van der Waals surface area (Å²) in [6.45, 7) is 10.3. The second kappa shape index (κ2) is 8.47. The van der Waals surface area contributed by atoms with Crippen LogP contribution in [0, 0.1) is 20.8 Å². The number of nitrogens with one attached hydrogen (secondary N) is 1. The van der Waals surface area contributed by atoms with E-state index in [4.69, 9.17) is 4.74 Å².